The van der Waals surface area contributed by atoms with Crippen LogP contribution in [0.3, 0.4) is 0 Å². The number of ether oxygens (including phenoxy) is 1. The fraction of sp³-hybridized carbons (Fsp3) is 0.615. The van der Waals surface area contributed by atoms with E-state index in [0.29, 0.717) is 25.3 Å². The van der Waals surface area contributed by atoms with Crippen LogP contribution < -0.4 is 5.32 Å². The number of hydrogen-bond donors (Lipinski definition) is 2. The summed E-state index contributed by atoms with van der Waals surface area (Å²) in [6.45, 7) is 8.59. The van der Waals surface area contributed by atoms with Gasteiger partial charge in [0.1, 0.15) is 11.3 Å². The van der Waals surface area contributed by atoms with Gasteiger partial charge < -0.3 is 15.0 Å². The highest BCUT2D eigenvalue weighted by molar-refractivity contribution is 5.92. The summed E-state index contributed by atoms with van der Waals surface area (Å²) in [5, 5.41) is 8.98. The molecule has 1 rings (SSSR count). The van der Waals surface area contributed by atoms with E-state index in [-0.39, 0.29) is 12.0 Å². The van der Waals surface area contributed by atoms with E-state index in [2.05, 4.69) is 15.5 Å². The third-order valence-electron chi connectivity index (χ3n) is 2.45. The van der Waals surface area contributed by atoms with Crippen LogP contribution in [0.1, 0.15) is 38.2 Å². The number of carbonyl (C=O) groups is 2. The maximum absolute atomic E-state index is 11.9. The van der Waals surface area contributed by atoms with Gasteiger partial charge in [-0.2, -0.15) is 5.10 Å². The molecule has 0 unspecified atom stereocenters. The summed E-state index contributed by atoms with van der Waals surface area (Å²) >= 11 is 0. The molecule has 7 heteroatoms. The van der Waals surface area contributed by atoms with Gasteiger partial charge in [-0.25, -0.2) is 4.79 Å². The number of carbonyl (C=O) groups excluding carboxylic acids is 2. The van der Waals surface area contributed by atoms with Crippen molar-refractivity contribution in [3.05, 3.63) is 18.0 Å². The predicted octanol–water partition coefficient (Wildman–Crippen LogP) is 1.40. The first-order chi connectivity index (χ1) is 9.33. The summed E-state index contributed by atoms with van der Waals surface area (Å²) in [5.41, 5.74) is -0.130. The maximum atomic E-state index is 11.9. The second-order valence-electron chi connectivity index (χ2n) is 5.29. The zero-order valence-corrected chi connectivity index (χ0v) is 12.4. The van der Waals surface area contributed by atoms with Crippen molar-refractivity contribution in [1.82, 2.24) is 20.4 Å². The first kappa shape index (κ1) is 16.0. The average Bonchev–Trinajstić information content (AvgIpc) is 2.85. The molecule has 0 aliphatic rings. The van der Waals surface area contributed by atoms with Crippen molar-refractivity contribution in [2.45, 2.75) is 33.3 Å². The Morgan fingerprint density at radius 3 is 2.65 bits per heavy atom. The van der Waals surface area contributed by atoms with Crippen LogP contribution in [-0.4, -0.2) is 52.3 Å². The number of nitrogens with one attached hydrogen (secondary N) is 2. The molecule has 0 fully saturated rings. The number of likely N-dealkylation sites (N-methyl/N-ethyl adjacent to an activating group) is 1. The second-order valence-corrected chi connectivity index (χ2v) is 5.29. The van der Waals surface area contributed by atoms with Crippen LogP contribution in [0.4, 0.5) is 4.79 Å². The molecule has 0 bridgehead atoms. The fourth-order valence-corrected chi connectivity index (χ4v) is 1.49. The third kappa shape index (κ3) is 5.29. The minimum absolute atomic E-state index is 0.247. The van der Waals surface area contributed by atoms with E-state index < -0.39 is 5.60 Å². The van der Waals surface area contributed by atoms with Gasteiger partial charge >= 0.3 is 6.09 Å². The van der Waals surface area contributed by atoms with Crippen LogP contribution in [0.2, 0.25) is 0 Å². The first-order valence-electron chi connectivity index (χ1n) is 6.59. The second kappa shape index (κ2) is 6.93. The van der Waals surface area contributed by atoms with E-state index in [9.17, 15) is 9.59 Å². The lowest BCUT2D eigenvalue weighted by Gasteiger charge is -2.26. The Morgan fingerprint density at radius 2 is 2.15 bits per heavy atom. The normalized spacial score (nSPS) is 11.0. The molecule has 0 spiro atoms. The van der Waals surface area contributed by atoms with E-state index in [1.54, 1.807) is 11.0 Å². The molecule has 0 aliphatic heterocycles. The van der Waals surface area contributed by atoms with Gasteiger partial charge in [-0.3, -0.25) is 9.89 Å². The topological polar surface area (TPSA) is 87.3 Å². The molecule has 1 heterocycles. The lowest BCUT2D eigenvalue weighted by Crippen LogP contribution is -2.41. The minimum atomic E-state index is -0.524. The average molecular weight is 282 g/mol. The van der Waals surface area contributed by atoms with Crippen LogP contribution >= 0.6 is 0 Å². The third-order valence-corrected chi connectivity index (χ3v) is 2.45. The molecule has 0 aliphatic carbocycles. The van der Waals surface area contributed by atoms with Crippen molar-refractivity contribution in [3.63, 3.8) is 0 Å². The van der Waals surface area contributed by atoms with Gasteiger partial charge in [0.2, 0.25) is 0 Å². The molecule has 0 saturated heterocycles. The molecule has 20 heavy (non-hydrogen) atoms. The maximum Gasteiger partial charge on any atom is 0.410 e. The van der Waals surface area contributed by atoms with Crippen LogP contribution in [0, 0.1) is 0 Å². The number of H-pyrrole nitrogens is 1. The number of rotatable bonds is 5. The van der Waals surface area contributed by atoms with E-state index in [1.807, 2.05) is 27.7 Å². The van der Waals surface area contributed by atoms with E-state index in [4.69, 9.17) is 4.74 Å². The molecule has 7 nitrogen and oxygen atoms in total. The quantitative estimate of drug-likeness (QED) is 0.854. The Hall–Kier alpha value is -2.05. The number of nitrogens with zero attached hydrogens (tertiary/aromatic N) is 2. The van der Waals surface area contributed by atoms with Crippen LogP contribution in [-0.2, 0) is 4.74 Å². The summed E-state index contributed by atoms with van der Waals surface area (Å²) < 4.78 is 5.28. The summed E-state index contributed by atoms with van der Waals surface area (Å²) in [4.78, 5) is 25.1. The van der Waals surface area contributed by atoms with Crippen LogP contribution in [0.5, 0.6) is 0 Å². The standard InChI is InChI=1S/C13H22N4O3/c1-5-17(12(19)20-13(2,3)4)9-8-14-11(18)10-6-7-15-16-10/h6-7H,5,8-9H2,1-4H3,(H,14,18)(H,15,16). The zero-order chi connectivity index (χ0) is 15.2. The number of aromatic amines is 1. The number of hydrogen-bond acceptors (Lipinski definition) is 4. The molecule has 1 aromatic rings. The molecule has 0 radical (unpaired) electrons. The molecular formula is C13H22N4O3. The predicted molar refractivity (Wildman–Crippen MR) is 74.4 cm³/mol. The van der Waals surface area contributed by atoms with Gasteiger partial charge in [-0.05, 0) is 33.8 Å². The van der Waals surface area contributed by atoms with Gasteiger partial charge in [0.15, 0.2) is 0 Å². The zero-order valence-electron chi connectivity index (χ0n) is 12.4. The highest BCUT2D eigenvalue weighted by atomic mass is 16.6. The summed E-state index contributed by atoms with van der Waals surface area (Å²) in [6.07, 6.45) is 1.13. The number of amides is 2. The van der Waals surface area contributed by atoms with Crippen molar-refractivity contribution in [1.29, 1.82) is 0 Å². The number of aromatic nitrogens is 2. The Kier molecular flexibility index (Phi) is 5.54. The van der Waals surface area contributed by atoms with Crippen molar-refractivity contribution in [3.8, 4) is 0 Å². The molecule has 112 valence electrons. The van der Waals surface area contributed by atoms with Gasteiger partial charge in [-0.15, -0.1) is 0 Å². The van der Waals surface area contributed by atoms with Gasteiger partial charge in [0, 0.05) is 25.8 Å². The SMILES string of the molecule is CCN(CCNC(=O)c1ccn[nH]1)C(=O)OC(C)(C)C. The van der Waals surface area contributed by atoms with Crippen molar-refractivity contribution < 1.29 is 14.3 Å². The van der Waals surface area contributed by atoms with Gasteiger partial charge in [-0.1, -0.05) is 0 Å². The lowest BCUT2D eigenvalue weighted by atomic mass is 10.2. The van der Waals surface area contributed by atoms with Gasteiger partial charge in [0.25, 0.3) is 5.91 Å². The minimum Gasteiger partial charge on any atom is -0.444 e. The van der Waals surface area contributed by atoms with Crippen molar-refractivity contribution in [2.75, 3.05) is 19.6 Å². The largest absolute Gasteiger partial charge is 0.444 e. The highest BCUT2D eigenvalue weighted by Crippen LogP contribution is 2.09. The first-order valence-corrected chi connectivity index (χ1v) is 6.59. The summed E-state index contributed by atoms with van der Waals surface area (Å²) in [5.74, 6) is -0.247. The molecule has 0 aromatic carbocycles. The van der Waals surface area contributed by atoms with Crippen LogP contribution in [0.15, 0.2) is 12.3 Å². The molecule has 2 N–H and O–H groups in total. The molecule has 0 saturated carbocycles. The Labute approximate surface area is 118 Å². The molecule has 0 atom stereocenters. The van der Waals surface area contributed by atoms with Crippen LogP contribution in [0.25, 0.3) is 0 Å². The Balaban J connectivity index is 2.38. The monoisotopic (exact) mass is 282 g/mol. The van der Waals surface area contributed by atoms with Gasteiger partial charge in [0.05, 0.1) is 0 Å². The molecule has 2 amide bonds. The van der Waals surface area contributed by atoms with Crippen molar-refractivity contribution in [2.24, 2.45) is 0 Å². The molecular weight excluding hydrogens is 260 g/mol. The van der Waals surface area contributed by atoms with E-state index in [0.717, 1.165) is 0 Å². The summed E-state index contributed by atoms with van der Waals surface area (Å²) in [7, 11) is 0. The molecule has 1 aromatic heterocycles. The van der Waals surface area contributed by atoms with E-state index in [1.165, 1.54) is 6.20 Å². The van der Waals surface area contributed by atoms with E-state index >= 15 is 0 Å². The Morgan fingerprint density at radius 1 is 1.45 bits per heavy atom. The van der Waals surface area contributed by atoms with Crippen molar-refractivity contribution >= 4 is 12.0 Å². The fourth-order valence-electron chi connectivity index (χ4n) is 1.49. The smallest absolute Gasteiger partial charge is 0.410 e. The highest BCUT2D eigenvalue weighted by Gasteiger charge is 2.20. The lowest BCUT2D eigenvalue weighted by molar-refractivity contribution is 0.0261. The Bertz CT molecular complexity index is 437. The summed E-state index contributed by atoms with van der Waals surface area (Å²) in [6, 6.07) is 1.58.